The van der Waals surface area contributed by atoms with Crippen LogP contribution in [0.1, 0.15) is 30.0 Å². The molecule has 0 saturated carbocycles. The number of ether oxygens (including phenoxy) is 1. The molecule has 0 spiro atoms. The molecule has 0 aliphatic carbocycles. The summed E-state index contributed by atoms with van der Waals surface area (Å²) < 4.78 is 31.9. The number of carbonyl (C=O) groups is 1. The van der Waals surface area contributed by atoms with Crippen molar-refractivity contribution < 1.29 is 17.9 Å². The molecule has 3 N–H and O–H groups in total. The van der Waals surface area contributed by atoms with Crippen molar-refractivity contribution in [1.29, 1.82) is 0 Å². The number of nitrogens with zero attached hydrogens (tertiary/aromatic N) is 2. The van der Waals surface area contributed by atoms with Crippen LogP contribution in [-0.2, 0) is 21.4 Å². The maximum absolute atomic E-state index is 12.2. The number of anilines is 1. The SMILES string of the molecule is CC(C)NS(=O)(=O)c1ccc(C(=O)OCc2nc(N)c3ccccc3n2)cc1. The van der Waals surface area contributed by atoms with Gasteiger partial charge in [0.25, 0.3) is 0 Å². The maximum atomic E-state index is 12.2. The van der Waals surface area contributed by atoms with Gasteiger partial charge in [0.05, 0.1) is 16.0 Å². The number of nitrogen functional groups attached to an aromatic ring is 1. The van der Waals surface area contributed by atoms with E-state index >= 15 is 0 Å². The Morgan fingerprint density at radius 1 is 1.11 bits per heavy atom. The van der Waals surface area contributed by atoms with Gasteiger partial charge in [0, 0.05) is 11.4 Å². The molecule has 0 bridgehead atoms. The highest BCUT2D eigenvalue weighted by atomic mass is 32.2. The van der Waals surface area contributed by atoms with E-state index in [1.54, 1.807) is 19.9 Å². The molecule has 0 aliphatic heterocycles. The fraction of sp³-hybridized carbons (Fsp3) is 0.211. The van der Waals surface area contributed by atoms with E-state index in [-0.39, 0.29) is 28.9 Å². The summed E-state index contributed by atoms with van der Waals surface area (Å²) in [4.78, 5) is 20.8. The first-order chi connectivity index (χ1) is 13.3. The van der Waals surface area contributed by atoms with Gasteiger partial charge >= 0.3 is 5.97 Å². The first kappa shape index (κ1) is 19.7. The number of para-hydroxylation sites is 1. The Bertz CT molecular complexity index is 1110. The molecule has 2 aromatic carbocycles. The third-order valence-corrected chi connectivity index (χ3v) is 5.48. The van der Waals surface area contributed by atoms with Crippen molar-refractivity contribution in [2.45, 2.75) is 31.4 Å². The third kappa shape index (κ3) is 4.44. The largest absolute Gasteiger partial charge is 0.454 e. The van der Waals surface area contributed by atoms with Gasteiger partial charge in [-0.1, -0.05) is 12.1 Å². The lowest BCUT2D eigenvalue weighted by atomic mass is 10.2. The average molecular weight is 400 g/mol. The Labute approximate surface area is 162 Å². The monoisotopic (exact) mass is 400 g/mol. The van der Waals surface area contributed by atoms with Crippen LogP contribution in [0.5, 0.6) is 0 Å². The number of rotatable bonds is 6. The normalized spacial score (nSPS) is 11.7. The summed E-state index contributed by atoms with van der Waals surface area (Å²) in [6.07, 6.45) is 0. The van der Waals surface area contributed by atoms with Crippen molar-refractivity contribution in [2.75, 3.05) is 5.73 Å². The zero-order chi connectivity index (χ0) is 20.3. The smallest absolute Gasteiger partial charge is 0.338 e. The van der Waals surface area contributed by atoms with Gasteiger partial charge in [0.15, 0.2) is 12.4 Å². The first-order valence-electron chi connectivity index (χ1n) is 8.57. The standard InChI is InChI=1S/C19H20N4O4S/c1-12(2)23-28(25,26)14-9-7-13(8-10-14)19(24)27-11-17-21-16-6-4-3-5-15(16)18(20)22-17/h3-10,12,23H,11H2,1-2H3,(H2,20,21,22). The topological polar surface area (TPSA) is 124 Å². The fourth-order valence-electron chi connectivity index (χ4n) is 2.58. The summed E-state index contributed by atoms with van der Waals surface area (Å²) in [6.45, 7) is 3.30. The second-order valence-corrected chi connectivity index (χ2v) is 8.13. The molecular weight excluding hydrogens is 380 g/mol. The molecule has 3 aromatic rings. The van der Waals surface area contributed by atoms with Crippen LogP contribution in [0, 0.1) is 0 Å². The summed E-state index contributed by atoms with van der Waals surface area (Å²) >= 11 is 0. The second kappa shape index (κ2) is 7.91. The third-order valence-electron chi connectivity index (χ3n) is 3.80. The lowest BCUT2D eigenvalue weighted by Gasteiger charge is -2.10. The molecule has 3 rings (SSSR count). The van der Waals surface area contributed by atoms with Gasteiger partial charge in [-0.3, -0.25) is 0 Å². The van der Waals surface area contributed by atoms with Crippen LogP contribution < -0.4 is 10.5 Å². The van der Waals surface area contributed by atoms with E-state index in [1.807, 2.05) is 18.2 Å². The number of esters is 1. The summed E-state index contributed by atoms with van der Waals surface area (Å²) in [5.74, 6) is -0.0233. The van der Waals surface area contributed by atoms with Gasteiger partial charge in [-0.2, -0.15) is 0 Å². The molecule has 1 heterocycles. The van der Waals surface area contributed by atoms with E-state index in [9.17, 15) is 13.2 Å². The van der Waals surface area contributed by atoms with Gasteiger partial charge in [-0.25, -0.2) is 27.9 Å². The Kier molecular flexibility index (Phi) is 5.57. The number of hydrogen-bond acceptors (Lipinski definition) is 7. The number of aromatic nitrogens is 2. The molecule has 146 valence electrons. The molecule has 1 aromatic heterocycles. The second-order valence-electron chi connectivity index (χ2n) is 6.42. The van der Waals surface area contributed by atoms with Crippen LogP contribution in [0.15, 0.2) is 53.4 Å². The lowest BCUT2D eigenvalue weighted by Crippen LogP contribution is -2.30. The van der Waals surface area contributed by atoms with Gasteiger partial charge in [-0.05, 0) is 50.2 Å². The van der Waals surface area contributed by atoms with Crippen LogP contribution in [-0.4, -0.2) is 30.4 Å². The summed E-state index contributed by atoms with van der Waals surface area (Å²) in [6, 6.07) is 12.5. The predicted molar refractivity (Wildman–Crippen MR) is 105 cm³/mol. The average Bonchev–Trinajstić information content (AvgIpc) is 2.65. The zero-order valence-corrected chi connectivity index (χ0v) is 16.2. The Morgan fingerprint density at radius 3 is 2.46 bits per heavy atom. The minimum absolute atomic E-state index is 0.0726. The van der Waals surface area contributed by atoms with Crippen molar-refractivity contribution in [3.8, 4) is 0 Å². The van der Waals surface area contributed by atoms with E-state index in [2.05, 4.69) is 14.7 Å². The molecule has 0 saturated heterocycles. The number of nitrogens with one attached hydrogen (secondary N) is 1. The lowest BCUT2D eigenvalue weighted by molar-refractivity contribution is 0.0462. The van der Waals surface area contributed by atoms with Gasteiger partial charge in [0.1, 0.15) is 5.82 Å². The number of benzene rings is 2. The van der Waals surface area contributed by atoms with Crippen LogP contribution in [0.2, 0.25) is 0 Å². The molecule has 0 atom stereocenters. The van der Waals surface area contributed by atoms with E-state index in [0.717, 1.165) is 5.39 Å². The molecule has 0 fully saturated rings. The molecule has 0 radical (unpaired) electrons. The van der Waals surface area contributed by atoms with Gasteiger partial charge < -0.3 is 10.5 Å². The van der Waals surface area contributed by atoms with E-state index in [0.29, 0.717) is 11.3 Å². The molecule has 0 unspecified atom stereocenters. The van der Waals surface area contributed by atoms with Crippen LogP contribution >= 0.6 is 0 Å². The summed E-state index contributed by atoms with van der Waals surface area (Å²) in [7, 11) is -3.62. The van der Waals surface area contributed by atoms with Crippen molar-refractivity contribution in [3.63, 3.8) is 0 Å². The van der Waals surface area contributed by atoms with Crippen molar-refractivity contribution in [1.82, 2.24) is 14.7 Å². The number of hydrogen-bond donors (Lipinski definition) is 2. The van der Waals surface area contributed by atoms with Crippen molar-refractivity contribution in [2.24, 2.45) is 0 Å². The summed E-state index contributed by atoms with van der Waals surface area (Å²) in [5.41, 5.74) is 6.79. The van der Waals surface area contributed by atoms with E-state index < -0.39 is 16.0 Å². The Morgan fingerprint density at radius 2 is 1.79 bits per heavy atom. The number of fused-ring (bicyclic) bond motifs is 1. The molecule has 0 amide bonds. The number of sulfonamides is 1. The predicted octanol–water partition coefficient (Wildman–Crippen LogP) is 2.26. The Hall–Kier alpha value is -3.04. The molecule has 8 nitrogen and oxygen atoms in total. The molecule has 0 aliphatic rings. The number of carbonyl (C=O) groups excluding carboxylic acids is 1. The van der Waals surface area contributed by atoms with E-state index in [4.69, 9.17) is 10.5 Å². The van der Waals surface area contributed by atoms with E-state index in [1.165, 1.54) is 24.3 Å². The molecule has 9 heteroatoms. The maximum Gasteiger partial charge on any atom is 0.338 e. The minimum Gasteiger partial charge on any atom is -0.454 e. The highest BCUT2D eigenvalue weighted by Gasteiger charge is 2.17. The van der Waals surface area contributed by atoms with Crippen LogP contribution in [0.4, 0.5) is 5.82 Å². The first-order valence-corrected chi connectivity index (χ1v) is 10.1. The zero-order valence-electron chi connectivity index (χ0n) is 15.4. The van der Waals surface area contributed by atoms with Gasteiger partial charge in [0.2, 0.25) is 10.0 Å². The number of nitrogens with two attached hydrogens (primary N) is 1. The van der Waals surface area contributed by atoms with Crippen molar-refractivity contribution >= 4 is 32.7 Å². The quantitative estimate of drug-likeness (QED) is 0.608. The Balaban J connectivity index is 1.70. The van der Waals surface area contributed by atoms with Crippen LogP contribution in [0.3, 0.4) is 0 Å². The highest BCUT2D eigenvalue weighted by Crippen LogP contribution is 2.18. The van der Waals surface area contributed by atoms with Gasteiger partial charge in [-0.15, -0.1) is 0 Å². The fourth-order valence-corrected chi connectivity index (χ4v) is 3.83. The molecule has 28 heavy (non-hydrogen) atoms. The van der Waals surface area contributed by atoms with Crippen molar-refractivity contribution in [3.05, 3.63) is 59.9 Å². The minimum atomic E-state index is -3.62. The summed E-state index contributed by atoms with van der Waals surface area (Å²) in [5, 5.41) is 0.726. The highest BCUT2D eigenvalue weighted by molar-refractivity contribution is 7.89. The molecular formula is C19H20N4O4S. The van der Waals surface area contributed by atoms with Crippen LogP contribution in [0.25, 0.3) is 10.9 Å².